The molecule has 2 aromatic carbocycles. The number of hydrogen-bond donors (Lipinski definition) is 6. The summed E-state index contributed by atoms with van der Waals surface area (Å²) in [5.74, 6) is -1.64. The standard InChI is InChI=1S/C21H20O9/c1-8-20(27)14(26)7-16(29-8)18-13(25)6-17-19(21(18)28)12(24)5-15(30-17)9-2-3-10(22)11(23)4-9/h2-6,8,14,16,20,22-23,25-28H,7H2,1H3/t8-,14+,16-,20+/m1/s1. The van der Waals surface area contributed by atoms with Crippen molar-refractivity contribution in [2.24, 2.45) is 0 Å². The van der Waals surface area contributed by atoms with Crippen molar-refractivity contribution in [1.82, 2.24) is 0 Å². The molecule has 9 nitrogen and oxygen atoms in total. The molecule has 6 N–H and O–H groups in total. The molecule has 2 heterocycles. The van der Waals surface area contributed by atoms with E-state index in [2.05, 4.69) is 0 Å². The van der Waals surface area contributed by atoms with Gasteiger partial charge in [0.2, 0.25) is 0 Å². The van der Waals surface area contributed by atoms with E-state index in [1.807, 2.05) is 0 Å². The van der Waals surface area contributed by atoms with Crippen molar-refractivity contribution in [2.45, 2.75) is 37.8 Å². The predicted molar refractivity (Wildman–Crippen MR) is 104 cm³/mol. The molecule has 158 valence electrons. The maximum atomic E-state index is 12.7. The Labute approximate surface area is 169 Å². The summed E-state index contributed by atoms with van der Waals surface area (Å²) in [4.78, 5) is 12.7. The molecular formula is C21H20O9. The van der Waals surface area contributed by atoms with Crippen molar-refractivity contribution >= 4 is 11.0 Å². The summed E-state index contributed by atoms with van der Waals surface area (Å²) >= 11 is 0. The van der Waals surface area contributed by atoms with Gasteiger partial charge in [0, 0.05) is 24.1 Å². The molecule has 1 aliphatic heterocycles. The van der Waals surface area contributed by atoms with Gasteiger partial charge in [0.1, 0.15) is 34.3 Å². The number of aliphatic hydroxyl groups excluding tert-OH is 2. The van der Waals surface area contributed by atoms with Gasteiger partial charge in [-0.15, -0.1) is 0 Å². The molecule has 4 rings (SSSR count). The Kier molecular flexibility index (Phi) is 4.81. The number of aromatic hydroxyl groups is 4. The van der Waals surface area contributed by atoms with Crippen LogP contribution in [0.1, 0.15) is 25.0 Å². The van der Waals surface area contributed by atoms with E-state index in [0.29, 0.717) is 5.56 Å². The van der Waals surface area contributed by atoms with Gasteiger partial charge < -0.3 is 39.8 Å². The van der Waals surface area contributed by atoms with Gasteiger partial charge in [0.05, 0.1) is 23.9 Å². The minimum Gasteiger partial charge on any atom is -0.507 e. The second kappa shape index (κ2) is 7.21. The van der Waals surface area contributed by atoms with E-state index in [1.54, 1.807) is 6.92 Å². The fraction of sp³-hybridized carbons (Fsp3) is 0.286. The fourth-order valence-electron chi connectivity index (χ4n) is 3.69. The van der Waals surface area contributed by atoms with Gasteiger partial charge >= 0.3 is 0 Å². The smallest absolute Gasteiger partial charge is 0.197 e. The summed E-state index contributed by atoms with van der Waals surface area (Å²) in [6.45, 7) is 1.54. The third kappa shape index (κ3) is 3.22. The zero-order valence-corrected chi connectivity index (χ0v) is 15.8. The van der Waals surface area contributed by atoms with Crippen molar-refractivity contribution in [2.75, 3.05) is 0 Å². The lowest BCUT2D eigenvalue weighted by atomic mass is 9.92. The molecule has 3 aromatic rings. The monoisotopic (exact) mass is 416 g/mol. The molecule has 1 fully saturated rings. The zero-order chi connectivity index (χ0) is 21.7. The summed E-state index contributed by atoms with van der Waals surface area (Å²) in [6.07, 6.45) is -4.03. The van der Waals surface area contributed by atoms with Crippen LogP contribution in [-0.2, 0) is 4.74 Å². The molecule has 0 amide bonds. The van der Waals surface area contributed by atoms with Crippen LogP contribution >= 0.6 is 0 Å². The number of hydrogen-bond acceptors (Lipinski definition) is 9. The lowest BCUT2D eigenvalue weighted by Gasteiger charge is -2.36. The molecule has 0 aliphatic carbocycles. The van der Waals surface area contributed by atoms with Crippen LogP contribution in [0.2, 0.25) is 0 Å². The predicted octanol–water partition coefficient (Wildman–Crippen LogP) is 1.85. The Hall–Kier alpha value is -3.27. The first kappa shape index (κ1) is 20.0. The van der Waals surface area contributed by atoms with Crippen LogP contribution in [0.4, 0.5) is 0 Å². The van der Waals surface area contributed by atoms with E-state index in [4.69, 9.17) is 9.15 Å². The van der Waals surface area contributed by atoms with Crippen LogP contribution in [0.15, 0.2) is 39.5 Å². The Morgan fingerprint density at radius 3 is 2.37 bits per heavy atom. The minimum atomic E-state index is -1.13. The third-order valence-electron chi connectivity index (χ3n) is 5.30. The first-order chi connectivity index (χ1) is 14.2. The maximum absolute atomic E-state index is 12.7. The van der Waals surface area contributed by atoms with E-state index in [-0.39, 0.29) is 34.5 Å². The highest BCUT2D eigenvalue weighted by Crippen LogP contribution is 2.44. The average Bonchev–Trinajstić information content (AvgIpc) is 2.67. The van der Waals surface area contributed by atoms with Crippen LogP contribution in [0.3, 0.4) is 0 Å². The second-order valence-corrected chi connectivity index (χ2v) is 7.33. The minimum absolute atomic E-state index is 0.0513. The maximum Gasteiger partial charge on any atom is 0.197 e. The van der Waals surface area contributed by atoms with E-state index in [0.717, 1.165) is 12.1 Å². The summed E-state index contributed by atoms with van der Waals surface area (Å²) in [6, 6.07) is 6.13. The summed E-state index contributed by atoms with van der Waals surface area (Å²) in [5, 5.41) is 60.0. The molecule has 0 radical (unpaired) electrons. The largest absolute Gasteiger partial charge is 0.507 e. The lowest BCUT2D eigenvalue weighted by molar-refractivity contribution is -0.164. The summed E-state index contributed by atoms with van der Waals surface area (Å²) in [7, 11) is 0. The van der Waals surface area contributed by atoms with Gasteiger partial charge in [-0.1, -0.05) is 0 Å². The molecule has 1 aliphatic rings. The van der Waals surface area contributed by atoms with Crippen LogP contribution in [0.5, 0.6) is 23.0 Å². The molecule has 0 saturated carbocycles. The Morgan fingerprint density at radius 2 is 1.70 bits per heavy atom. The number of fused-ring (bicyclic) bond motifs is 1. The fourth-order valence-corrected chi connectivity index (χ4v) is 3.69. The van der Waals surface area contributed by atoms with Crippen molar-refractivity contribution < 1.29 is 39.8 Å². The molecule has 4 atom stereocenters. The molecule has 0 spiro atoms. The van der Waals surface area contributed by atoms with Gasteiger partial charge in [-0.25, -0.2) is 0 Å². The first-order valence-electron chi connectivity index (χ1n) is 9.24. The number of phenols is 4. The molecule has 1 saturated heterocycles. The van der Waals surface area contributed by atoms with Crippen molar-refractivity contribution in [3.63, 3.8) is 0 Å². The Balaban J connectivity index is 1.84. The third-order valence-corrected chi connectivity index (χ3v) is 5.30. The van der Waals surface area contributed by atoms with Gasteiger partial charge in [0.25, 0.3) is 0 Å². The number of rotatable bonds is 2. The van der Waals surface area contributed by atoms with E-state index < -0.39 is 47.1 Å². The average molecular weight is 416 g/mol. The molecule has 0 bridgehead atoms. The number of benzene rings is 2. The lowest BCUT2D eigenvalue weighted by Crippen LogP contribution is -2.43. The van der Waals surface area contributed by atoms with E-state index >= 15 is 0 Å². The summed E-state index contributed by atoms with van der Waals surface area (Å²) in [5.41, 5.74) is -0.494. The Morgan fingerprint density at radius 1 is 0.967 bits per heavy atom. The number of aliphatic hydroxyl groups is 2. The summed E-state index contributed by atoms with van der Waals surface area (Å²) < 4.78 is 11.3. The van der Waals surface area contributed by atoms with Crippen LogP contribution in [0.25, 0.3) is 22.3 Å². The molecule has 30 heavy (non-hydrogen) atoms. The van der Waals surface area contributed by atoms with E-state index in [1.165, 1.54) is 18.2 Å². The van der Waals surface area contributed by atoms with Crippen molar-refractivity contribution in [3.05, 3.63) is 46.1 Å². The van der Waals surface area contributed by atoms with Gasteiger partial charge in [0.15, 0.2) is 16.9 Å². The van der Waals surface area contributed by atoms with Crippen molar-refractivity contribution in [1.29, 1.82) is 0 Å². The van der Waals surface area contributed by atoms with Gasteiger partial charge in [-0.3, -0.25) is 4.79 Å². The van der Waals surface area contributed by atoms with E-state index in [9.17, 15) is 35.4 Å². The molecular weight excluding hydrogens is 396 g/mol. The molecule has 0 unspecified atom stereocenters. The number of ether oxygens (including phenoxy) is 1. The SMILES string of the molecule is C[C@H]1O[C@@H](c2c(O)cc3oc(-c4ccc(O)c(O)c4)cc(=O)c3c2O)C[C@H](O)[C@H]1O. The van der Waals surface area contributed by atoms with Gasteiger partial charge in [-0.2, -0.15) is 0 Å². The van der Waals surface area contributed by atoms with Crippen LogP contribution < -0.4 is 5.43 Å². The highest BCUT2D eigenvalue weighted by atomic mass is 16.5. The first-order valence-corrected chi connectivity index (χ1v) is 9.24. The Bertz CT molecular complexity index is 1170. The zero-order valence-electron chi connectivity index (χ0n) is 15.8. The second-order valence-electron chi connectivity index (χ2n) is 7.33. The topological polar surface area (TPSA) is 161 Å². The van der Waals surface area contributed by atoms with Crippen molar-refractivity contribution in [3.8, 4) is 34.3 Å². The van der Waals surface area contributed by atoms with Crippen LogP contribution in [0, 0.1) is 0 Å². The molecule has 1 aromatic heterocycles. The quantitative estimate of drug-likeness (QED) is 0.343. The number of phenolic OH excluding ortho intramolecular Hbond substituents is 4. The normalized spacial score (nSPS) is 24.2. The van der Waals surface area contributed by atoms with Gasteiger partial charge in [-0.05, 0) is 25.1 Å². The van der Waals surface area contributed by atoms with Crippen LogP contribution in [-0.4, -0.2) is 49.0 Å². The molecule has 9 heteroatoms. The highest BCUT2D eigenvalue weighted by Gasteiger charge is 2.37. The highest BCUT2D eigenvalue weighted by molar-refractivity contribution is 5.88.